The number of halogens is 1. The predicted molar refractivity (Wildman–Crippen MR) is 29.6 cm³/mol. The topological polar surface area (TPSA) is 26.0 Å². The second kappa shape index (κ2) is 8.89. The van der Waals surface area contributed by atoms with Crippen molar-refractivity contribution in [3.8, 4) is 0 Å². The Bertz CT molecular complexity index is 24.8. The van der Waals surface area contributed by atoms with Crippen LogP contribution in [0.1, 0.15) is 0 Å². The van der Waals surface area contributed by atoms with Gasteiger partial charge in [-0.25, -0.2) is 0 Å². The fourth-order valence-electron chi connectivity index (χ4n) is 0. The Balaban J connectivity index is 0. The summed E-state index contributed by atoms with van der Waals surface area (Å²) in [4.78, 5) is 0. The fourth-order valence-corrected chi connectivity index (χ4v) is 0. The standard InChI is InChI=1S/C2H5NS.ClH/c3-1-2-4;/h1-2,4H,3H2;1H. The molecule has 0 unspecified atom stereocenters. The molecule has 0 aliphatic rings. The van der Waals surface area contributed by atoms with Crippen molar-refractivity contribution in [2.75, 3.05) is 0 Å². The monoisotopic (exact) mass is 111 g/mol. The largest absolute Gasteiger partial charge is 0.404 e. The Morgan fingerprint density at radius 3 is 1.80 bits per heavy atom. The summed E-state index contributed by atoms with van der Waals surface area (Å²) in [5.41, 5.74) is 4.77. The molecule has 0 saturated heterocycles. The molecule has 0 radical (unpaired) electrons. The van der Waals surface area contributed by atoms with E-state index in [1.54, 1.807) is 0 Å². The molecule has 0 atom stereocenters. The molecule has 1 nitrogen and oxygen atoms in total. The second-order valence-corrected chi connectivity index (χ2v) is 0.640. The molecule has 0 rings (SSSR count). The highest BCUT2D eigenvalue weighted by molar-refractivity contribution is 7.83. The van der Waals surface area contributed by atoms with Crippen LogP contribution in [-0.2, 0) is 0 Å². The summed E-state index contributed by atoms with van der Waals surface area (Å²) in [6, 6.07) is 0. The van der Waals surface area contributed by atoms with Crippen LogP contribution in [0.5, 0.6) is 0 Å². The number of rotatable bonds is 0. The van der Waals surface area contributed by atoms with E-state index in [1.165, 1.54) is 11.6 Å². The van der Waals surface area contributed by atoms with E-state index in [-0.39, 0.29) is 12.4 Å². The van der Waals surface area contributed by atoms with Gasteiger partial charge in [0, 0.05) is 0 Å². The third kappa shape index (κ3) is 14.3. The van der Waals surface area contributed by atoms with Crippen LogP contribution in [0.4, 0.5) is 0 Å². The number of hydrogen-bond acceptors (Lipinski definition) is 2. The molecular weight excluding hydrogens is 106 g/mol. The van der Waals surface area contributed by atoms with Gasteiger partial charge in [0.25, 0.3) is 0 Å². The normalized spacial score (nSPS) is 7.40. The van der Waals surface area contributed by atoms with Gasteiger partial charge in [-0.05, 0) is 11.6 Å². The third-order valence-corrected chi connectivity index (χ3v) is 0.258. The Labute approximate surface area is 43.1 Å². The molecule has 0 heterocycles. The molecule has 0 aromatic rings. The van der Waals surface area contributed by atoms with E-state index >= 15 is 0 Å². The summed E-state index contributed by atoms with van der Waals surface area (Å²) in [7, 11) is 0. The van der Waals surface area contributed by atoms with Gasteiger partial charge in [-0.3, -0.25) is 0 Å². The minimum Gasteiger partial charge on any atom is -0.404 e. The lowest BCUT2D eigenvalue weighted by Gasteiger charge is -1.53. The average molecular weight is 112 g/mol. The van der Waals surface area contributed by atoms with Crippen molar-refractivity contribution < 1.29 is 0 Å². The summed E-state index contributed by atoms with van der Waals surface area (Å²) >= 11 is 3.61. The van der Waals surface area contributed by atoms with Gasteiger partial charge >= 0.3 is 0 Å². The summed E-state index contributed by atoms with van der Waals surface area (Å²) in [6.45, 7) is 0. The van der Waals surface area contributed by atoms with Crippen molar-refractivity contribution in [2.24, 2.45) is 5.73 Å². The van der Waals surface area contributed by atoms with E-state index in [4.69, 9.17) is 5.73 Å². The Hall–Kier alpha value is 0.180. The molecule has 0 spiro atoms. The molecule has 0 fully saturated rings. The summed E-state index contributed by atoms with van der Waals surface area (Å²) in [5, 5.41) is 1.47. The SMILES string of the molecule is Cl.NC=CS. The van der Waals surface area contributed by atoms with Gasteiger partial charge in [-0.15, -0.1) is 25.0 Å². The smallest absolute Gasteiger partial charge is 0.0000775 e. The lowest BCUT2D eigenvalue weighted by Crippen LogP contribution is -1.69. The van der Waals surface area contributed by atoms with Gasteiger partial charge < -0.3 is 5.73 Å². The van der Waals surface area contributed by atoms with Crippen LogP contribution >= 0.6 is 25.0 Å². The van der Waals surface area contributed by atoms with Crippen LogP contribution in [0.3, 0.4) is 0 Å². The Morgan fingerprint density at radius 2 is 1.80 bits per heavy atom. The van der Waals surface area contributed by atoms with Crippen LogP contribution in [0.2, 0.25) is 0 Å². The van der Waals surface area contributed by atoms with E-state index in [9.17, 15) is 0 Å². The first-order valence-corrected chi connectivity index (χ1v) is 1.44. The average Bonchev–Trinajstić information content (AvgIpc) is 1.37. The molecular formula is C2H6ClNS. The van der Waals surface area contributed by atoms with Crippen molar-refractivity contribution in [1.29, 1.82) is 0 Å². The quantitative estimate of drug-likeness (QED) is 0.444. The molecule has 32 valence electrons. The highest BCUT2D eigenvalue weighted by Crippen LogP contribution is 1.63. The van der Waals surface area contributed by atoms with Crippen LogP contribution in [0, 0.1) is 0 Å². The lowest BCUT2D eigenvalue weighted by molar-refractivity contribution is 1.63. The summed E-state index contributed by atoms with van der Waals surface area (Å²) in [5.74, 6) is 0. The maximum absolute atomic E-state index is 4.77. The van der Waals surface area contributed by atoms with Gasteiger partial charge in [0.2, 0.25) is 0 Å². The molecule has 2 N–H and O–H groups in total. The van der Waals surface area contributed by atoms with Gasteiger partial charge in [0.15, 0.2) is 0 Å². The molecule has 0 saturated carbocycles. The number of thiol groups is 1. The van der Waals surface area contributed by atoms with Crippen LogP contribution in [0.25, 0.3) is 0 Å². The first kappa shape index (κ1) is 8.95. The van der Waals surface area contributed by atoms with E-state index in [1.807, 2.05) is 0 Å². The van der Waals surface area contributed by atoms with Gasteiger partial charge in [0.1, 0.15) is 0 Å². The zero-order valence-corrected chi connectivity index (χ0v) is 4.30. The molecule has 0 aliphatic heterocycles. The highest BCUT2D eigenvalue weighted by atomic mass is 35.5. The zero-order valence-electron chi connectivity index (χ0n) is 2.59. The van der Waals surface area contributed by atoms with Gasteiger partial charge in [-0.1, -0.05) is 0 Å². The molecule has 5 heavy (non-hydrogen) atoms. The van der Waals surface area contributed by atoms with Crippen molar-refractivity contribution in [2.45, 2.75) is 0 Å². The van der Waals surface area contributed by atoms with Crippen LogP contribution < -0.4 is 5.73 Å². The molecule has 0 aliphatic carbocycles. The predicted octanol–water partition coefficient (Wildman–Crippen LogP) is 0.768. The lowest BCUT2D eigenvalue weighted by atomic mass is 11.1. The molecule has 3 heteroatoms. The summed E-state index contributed by atoms with van der Waals surface area (Å²) < 4.78 is 0. The zero-order chi connectivity index (χ0) is 3.41. The summed E-state index contributed by atoms with van der Waals surface area (Å²) in [6.07, 6.45) is 1.36. The van der Waals surface area contributed by atoms with Crippen molar-refractivity contribution >= 4 is 25.0 Å². The van der Waals surface area contributed by atoms with E-state index < -0.39 is 0 Å². The van der Waals surface area contributed by atoms with E-state index in [2.05, 4.69) is 12.6 Å². The Morgan fingerprint density at radius 1 is 1.60 bits per heavy atom. The second-order valence-electron chi connectivity index (χ2n) is 0.342. The molecule has 0 aromatic heterocycles. The van der Waals surface area contributed by atoms with Crippen LogP contribution in [0.15, 0.2) is 11.6 Å². The van der Waals surface area contributed by atoms with Gasteiger partial charge in [0.05, 0.1) is 0 Å². The third-order valence-electron chi connectivity index (χ3n) is 0.0861. The Kier molecular flexibility index (Phi) is 15.9. The maximum atomic E-state index is 4.77. The highest BCUT2D eigenvalue weighted by Gasteiger charge is 1.33. The molecule has 0 aromatic carbocycles. The first-order valence-electron chi connectivity index (χ1n) is 0.925. The number of hydrogen-bond donors (Lipinski definition) is 2. The van der Waals surface area contributed by atoms with Crippen molar-refractivity contribution in [3.63, 3.8) is 0 Å². The molecule has 0 amide bonds. The van der Waals surface area contributed by atoms with Gasteiger partial charge in [-0.2, -0.15) is 0 Å². The minimum atomic E-state index is 0. The van der Waals surface area contributed by atoms with Crippen molar-refractivity contribution in [1.82, 2.24) is 0 Å². The van der Waals surface area contributed by atoms with Crippen LogP contribution in [-0.4, -0.2) is 0 Å². The minimum absolute atomic E-state index is 0. The first-order chi connectivity index (χ1) is 1.91. The van der Waals surface area contributed by atoms with E-state index in [0.29, 0.717) is 0 Å². The van der Waals surface area contributed by atoms with E-state index in [0.717, 1.165) is 0 Å². The number of nitrogens with two attached hydrogens (primary N) is 1. The fraction of sp³-hybridized carbons (Fsp3) is 0. The molecule has 0 bridgehead atoms. The maximum Gasteiger partial charge on any atom is -0.0000775 e. The van der Waals surface area contributed by atoms with Crippen molar-refractivity contribution in [3.05, 3.63) is 11.6 Å².